The van der Waals surface area contributed by atoms with Crippen LogP contribution < -0.4 is 10.6 Å². The van der Waals surface area contributed by atoms with Crippen molar-refractivity contribution in [2.75, 3.05) is 10.6 Å². The third-order valence-electron chi connectivity index (χ3n) is 3.70. The number of hydrogen-bond donors (Lipinski definition) is 2. The number of fused-ring (bicyclic) bond motifs is 1. The highest BCUT2D eigenvalue weighted by Gasteiger charge is 2.18. The fourth-order valence-electron chi connectivity index (χ4n) is 2.52. The molecule has 2 N–H and O–H groups in total. The van der Waals surface area contributed by atoms with Gasteiger partial charge in [0, 0.05) is 16.4 Å². The van der Waals surface area contributed by atoms with Crippen molar-refractivity contribution in [1.82, 2.24) is 0 Å². The molecule has 0 bridgehead atoms. The summed E-state index contributed by atoms with van der Waals surface area (Å²) in [4.78, 5) is 23.5. The Labute approximate surface area is 133 Å². The number of benzene rings is 2. The number of amides is 2. The molecule has 0 aromatic heterocycles. The summed E-state index contributed by atoms with van der Waals surface area (Å²) in [5.74, 6) is -0.117. The van der Waals surface area contributed by atoms with Crippen LogP contribution in [0, 0.1) is 6.92 Å². The lowest BCUT2D eigenvalue weighted by atomic mass is 10.1. The molecule has 3 rings (SSSR count). The first-order valence-electron chi connectivity index (χ1n) is 6.99. The van der Waals surface area contributed by atoms with Gasteiger partial charge in [-0.2, -0.15) is 0 Å². The minimum atomic E-state index is -0.109. The standard InChI is InChI=1S/C17H15ClN2O2/c1-10-13(18)3-2-4-14(10)19-16(21)8-11-5-6-15-12(7-11)9-17(22)20-15/h2-7H,8-9H2,1H3,(H,19,21)(H,20,22). The van der Waals surface area contributed by atoms with Crippen LogP contribution in [0.3, 0.4) is 0 Å². The van der Waals surface area contributed by atoms with Gasteiger partial charge < -0.3 is 10.6 Å². The van der Waals surface area contributed by atoms with E-state index in [0.717, 1.165) is 28.1 Å². The van der Waals surface area contributed by atoms with Gasteiger partial charge in [0.15, 0.2) is 0 Å². The number of carbonyl (C=O) groups is 2. The highest BCUT2D eigenvalue weighted by atomic mass is 35.5. The van der Waals surface area contributed by atoms with Gasteiger partial charge in [-0.05, 0) is 41.8 Å². The second-order valence-corrected chi connectivity index (χ2v) is 5.76. The Morgan fingerprint density at radius 2 is 2.14 bits per heavy atom. The van der Waals surface area contributed by atoms with Crippen molar-refractivity contribution in [3.63, 3.8) is 0 Å². The number of nitrogens with one attached hydrogen (secondary N) is 2. The maximum atomic E-state index is 12.2. The molecule has 0 saturated carbocycles. The van der Waals surface area contributed by atoms with Crippen LogP contribution in [0.15, 0.2) is 36.4 Å². The van der Waals surface area contributed by atoms with Crippen LogP contribution in [0.5, 0.6) is 0 Å². The third-order valence-corrected chi connectivity index (χ3v) is 4.11. The summed E-state index contributed by atoms with van der Waals surface area (Å²) in [6, 6.07) is 11.0. The summed E-state index contributed by atoms with van der Waals surface area (Å²) in [6.45, 7) is 1.87. The Morgan fingerprint density at radius 3 is 2.95 bits per heavy atom. The van der Waals surface area contributed by atoms with E-state index in [0.29, 0.717) is 11.4 Å². The van der Waals surface area contributed by atoms with Gasteiger partial charge in [-0.1, -0.05) is 29.8 Å². The van der Waals surface area contributed by atoms with Crippen molar-refractivity contribution >= 4 is 34.8 Å². The topological polar surface area (TPSA) is 58.2 Å². The minimum Gasteiger partial charge on any atom is -0.326 e. The molecule has 2 aromatic carbocycles. The zero-order valence-corrected chi connectivity index (χ0v) is 12.8. The number of anilines is 2. The predicted molar refractivity (Wildman–Crippen MR) is 87.3 cm³/mol. The van der Waals surface area contributed by atoms with Gasteiger partial charge in [0.25, 0.3) is 0 Å². The number of hydrogen-bond acceptors (Lipinski definition) is 2. The van der Waals surface area contributed by atoms with Crippen LogP contribution in [-0.4, -0.2) is 11.8 Å². The number of rotatable bonds is 3. The molecule has 112 valence electrons. The van der Waals surface area contributed by atoms with Crippen LogP contribution in [0.4, 0.5) is 11.4 Å². The highest BCUT2D eigenvalue weighted by Crippen LogP contribution is 2.25. The first kappa shape index (κ1) is 14.6. The summed E-state index contributed by atoms with van der Waals surface area (Å²) in [5, 5.41) is 6.27. The molecule has 0 radical (unpaired) electrons. The van der Waals surface area contributed by atoms with E-state index < -0.39 is 0 Å². The van der Waals surface area contributed by atoms with Crippen LogP contribution in [0.1, 0.15) is 16.7 Å². The lowest BCUT2D eigenvalue weighted by Crippen LogP contribution is -2.15. The molecule has 0 spiro atoms. The Bertz CT molecular complexity index is 771. The first-order chi connectivity index (χ1) is 10.5. The van der Waals surface area contributed by atoms with Crippen LogP contribution in [-0.2, 0) is 22.4 Å². The summed E-state index contributed by atoms with van der Waals surface area (Å²) in [6.07, 6.45) is 0.631. The van der Waals surface area contributed by atoms with E-state index >= 15 is 0 Å². The van der Waals surface area contributed by atoms with Crippen molar-refractivity contribution in [1.29, 1.82) is 0 Å². The molecule has 0 aliphatic carbocycles. The maximum Gasteiger partial charge on any atom is 0.228 e. The van der Waals surface area contributed by atoms with Gasteiger partial charge in [0.1, 0.15) is 0 Å². The van der Waals surface area contributed by atoms with E-state index in [1.165, 1.54) is 0 Å². The fourth-order valence-corrected chi connectivity index (χ4v) is 2.69. The molecule has 4 nitrogen and oxygen atoms in total. The molecule has 0 unspecified atom stereocenters. The molecule has 1 heterocycles. The third kappa shape index (κ3) is 2.97. The average Bonchev–Trinajstić information content (AvgIpc) is 2.83. The van der Waals surface area contributed by atoms with E-state index in [1.807, 2.05) is 31.2 Å². The van der Waals surface area contributed by atoms with Crippen molar-refractivity contribution in [3.05, 3.63) is 58.1 Å². The molecule has 0 saturated heterocycles. The summed E-state index contributed by atoms with van der Waals surface area (Å²) in [5.41, 5.74) is 4.22. The molecule has 1 aliphatic heterocycles. The Morgan fingerprint density at radius 1 is 1.32 bits per heavy atom. The zero-order chi connectivity index (χ0) is 15.7. The van der Waals surface area contributed by atoms with Gasteiger partial charge in [-0.25, -0.2) is 0 Å². The largest absolute Gasteiger partial charge is 0.326 e. The van der Waals surface area contributed by atoms with E-state index in [9.17, 15) is 9.59 Å². The quantitative estimate of drug-likeness (QED) is 0.913. The van der Waals surface area contributed by atoms with E-state index in [1.54, 1.807) is 12.1 Å². The van der Waals surface area contributed by atoms with Crippen molar-refractivity contribution in [3.8, 4) is 0 Å². The van der Waals surface area contributed by atoms with E-state index in [2.05, 4.69) is 10.6 Å². The van der Waals surface area contributed by atoms with Crippen LogP contribution in [0.25, 0.3) is 0 Å². The van der Waals surface area contributed by atoms with Gasteiger partial charge >= 0.3 is 0 Å². The van der Waals surface area contributed by atoms with E-state index in [-0.39, 0.29) is 18.2 Å². The fraction of sp³-hybridized carbons (Fsp3) is 0.176. The monoisotopic (exact) mass is 314 g/mol. The van der Waals surface area contributed by atoms with Gasteiger partial charge in [-0.3, -0.25) is 9.59 Å². The molecule has 1 aliphatic rings. The molecule has 5 heteroatoms. The highest BCUT2D eigenvalue weighted by molar-refractivity contribution is 6.31. The molecule has 22 heavy (non-hydrogen) atoms. The molecule has 2 aromatic rings. The molecule has 2 amide bonds. The SMILES string of the molecule is Cc1c(Cl)cccc1NC(=O)Cc1ccc2c(c1)CC(=O)N2. The Kier molecular flexibility index (Phi) is 3.86. The van der Waals surface area contributed by atoms with Crippen molar-refractivity contribution < 1.29 is 9.59 Å². The molecule has 0 fully saturated rings. The smallest absolute Gasteiger partial charge is 0.228 e. The second-order valence-electron chi connectivity index (χ2n) is 5.35. The van der Waals surface area contributed by atoms with Crippen LogP contribution >= 0.6 is 11.6 Å². The molecule has 0 atom stereocenters. The first-order valence-corrected chi connectivity index (χ1v) is 7.37. The van der Waals surface area contributed by atoms with Gasteiger partial charge in [-0.15, -0.1) is 0 Å². The molecular formula is C17H15ClN2O2. The van der Waals surface area contributed by atoms with Crippen LogP contribution in [0.2, 0.25) is 5.02 Å². The average molecular weight is 315 g/mol. The Balaban J connectivity index is 1.71. The van der Waals surface area contributed by atoms with Gasteiger partial charge in [0.05, 0.1) is 12.8 Å². The lowest BCUT2D eigenvalue weighted by molar-refractivity contribution is -0.116. The summed E-state index contributed by atoms with van der Waals surface area (Å²) in [7, 11) is 0. The number of carbonyl (C=O) groups excluding carboxylic acids is 2. The molecular weight excluding hydrogens is 300 g/mol. The van der Waals surface area contributed by atoms with E-state index in [4.69, 9.17) is 11.6 Å². The Hall–Kier alpha value is -2.33. The van der Waals surface area contributed by atoms with Crippen molar-refractivity contribution in [2.45, 2.75) is 19.8 Å². The minimum absolute atomic E-state index is 0.00819. The van der Waals surface area contributed by atoms with Crippen molar-refractivity contribution in [2.24, 2.45) is 0 Å². The predicted octanol–water partition coefficient (Wildman–Crippen LogP) is 3.32. The normalized spacial score (nSPS) is 12.7. The maximum absolute atomic E-state index is 12.2. The second kappa shape index (κ2) is 5.81. The van der Waals surface area contributed by atoms with Gasteiger partial charge in [0.2, 0.25) is 11.8 Å². The summed E-state index contributed by atoms with van der Waals surface area (Å²) < 4.78 is 0. The number of halogens is 1. The summed E-state index contributed by atoms with van der Waals surface area (Å²) >= 11 is 6.04. The zero-order valence-electron chi connectivity index (χ0n) is 12.1. The lowest BCUT2D eigenvalue weighted by Gasteiger charge is -2.10.